The minimum atomic E-state index is -3.65. The third kappa shape index (κ3) is 5.23. The second-order valence-electron chi connectivity index (χ2n) is 8.66. The molecule has 1 amide bonds. The van der Waals surface area contributed by atoms with Crippen molar-refractivity contribution >= 4 is 65.6 Å². The number of aromatic nitrogens is 2. The Labute approximate surface area is 233 Å². The van der Waals surface area contributed by atoms with Gasteiger partial charge in [-0.3, -0.25) is 14.7 Å². The molecule has 1 aliphatic heterocycles. The molecule has 9 nitrogen and oxygen atoms in total. The fourth-order valence-corrected chi connectivity index (χ4v) is 8.61. The summed E-state index contributed by atoms with van der Waals surface area (Å²) < 4.78 is 40.0. The lowest BCUT2D eigenvalue weighted by molar-refractivity contribution is -0.123. The summed E-state index contributed by atoms with van der Waals surface area (Å²) in [6.45, 7) is 0.801. The van der Waals surface area contributed by atoms with Crippen molar-refractivity contribution in [1.82, 2.24) is 14.3 Å². The molecule has 0 aliphatic carbocycles. The molecule has 0 unspecified atom stereocenters. The first-order valence-electron chi connectivity index (χ1n) is 11.8. The van der Waals surface area contributed by atoms with E-state index in [2.05, 4.69) is 4.98 Å². The highest BCUT2D eigenvalue weighted by Gasteiger charge is 2.36. The Morgan fingerprint density at radius 1 is 1.05 bits per heavy atom. The van der Waals surface area contributed by atoms with E-state index >= 15 is 0 Å². The second kappa shape index (κ2) is 11.1. The standard InChI is InChI=1S/C25H25ClN4O5S3/c1-34-18-3-4-19(35-2)23-22(18)28-25(37-23)30(15-16-7-11-27-12-8-16)24(31)17-9-13-29(14-10-17)38(32,33)21-6-5-20(26)36-21/h3-8,11-12,17H,9-10,13-15H2,1-2H3. The van der Waals surface area contributed by atoms with Gasteiger partial charge in [-0.25, -0.2) is 13.4 Å². The minimum Gasteiger partial charge on any atom is -0.495 e. The number of nitrogens with zero attached hydrogens (tertiary/aromatic N) is 4. The molecule has 1 aromatic carbocycles. The molecule has 0 bridgehead atoms. The number of rotatable bonds is 8. The number of piperidine rings is 1. The Balaban J connectivity index is 1.43. The van der Waals surface area contributed by atoms with Gasteiger partial charge in [-0.05, 0) is 54.8 Å². The van der Waals surface area contributed by atoms with Crippen LogP contribution in [-0.4, -0.2) is 55.9 Å². The molecule has 1 aliphatic rings. The van der Waals surface area contributed by atoms with E-state index in [0.717, 1.165) is 21.6 Å². The molecule has 38 heavy (non-hydrogen) atoms. The number of thiazole rings is 1. The van der Waals surface area contributed by atoms with Crippen molar-refractivity contribution in [2.24, 2.45) is 5.92 Å². The molecule has 3 aromatic heterocycles. The topological polar surface area (TPSA) is 102 Å². The number of sulfonamides is 1. The number of halogens is 1. The monoisotopic (exact) mass is 592 g/mol. The summed E-state index contributed by atoms with van der Waals surface area (Å²) in [6, 6.07) is 10.4. The van der Waals surface area contributed by atoms with Gasteiger partial charge in [0, 0.05) is 31.4 Å². The summed E-state index contributed by atoms with van der Waals surface area (Å²) in [4.78, 5) is 24.5. The normalized spacial score (nSPS) is 15.0. The van der Waals surface area contributed by atoms with Crippen molar-refractivity contribution in [3.63, 3.8) is 0 Å². The maximum Gasteiger partial charge on any atom is 0.252 e. The molecule has 1 fully saturated rings. The average Bonchev–Trinajstić information content (AvgIpc) is 3.59. The molecular weight excluding hydrogens is 568 g/mol. The largest absolute Gasteiger partial charge is 0.495 e. The van der Waals surface area contributed by atoms with Crippen LogP contribution in [0.3, 0.4) is 0 Å². The molecule has 13 heteroatoms. The first kappa shape index (κ1) is 26.8. The van der Waals surface area contributed by atoms with Gasteiger partial charge in [0.25, 0.3) is 10.0 Å². The number of carbonyl (C=O) groups is 1. The fraction of sp³-hybridized carbons (Fsp3) is 0.320. The number of anilines is 1. The predicted octanol–water partition coefficient (Wildman–Crippen LogP) is 5.06. The van der Waals surface area contributed by atoms with E-state index in [1.807, 2.05) is 18.2 Å². The van der Waals surface area contributed by atoms with Crippen molar-refractivity contribution in [3.05, 3.63) is 58.7 Å². The van der Waals surface area contributed by atoms with Crippen LogP contribution in [0, 0.1) is 5.92 Å². The number of benzene rings is 1. The van der Waals surface area contributed by atoms with E-state index < -0.39 is 10.0 Å². The van der Waals surface area contributed by atoms with Crippen molar-refractivity contribution in [3.8, 4) is 11.5 Å². The fourth-order valence-electron chi connectivity index (χ4n) is 4.43. The maximum atomic E-state index is 13.9. The van der Waals surface area contributed by atoms with Gasteiger partial charge >= 0.3 is 0 Å². The van der Waals surface area contributed by atoms with E-state index in [9.17, 15) is 13.2 Å². The van der Waals surface area contributed by atoms with Crippen LogP contribution in [0.4, 0.5) is 5.13 Å². The van der Waals surface area contributed by atoms with E-state index in [1.54, 1.807) is 43.6 Å². The minimum absolute atomic E-state index is 0.102. The zero-order valence-electron chi connectivity index (χ0n) is 20.7. The van der Waals surface area contributed by atoms with Crippen LogP contribution in [0.15, 0.2) is 53.0 Å². The van der Waals surface area contributed by atoms with E-state index in [1.165, 1.54) is 21.7 Å². The van der Waals surface area contributed by atoms with Crippen LogP contribution in [-0.2, 0) is 21.4 Å². The van der Waals surface area contributed by atoms with Gasteiger partial charge in [0.2, 0.25) is 5.91 Å². The van der Waals surface area contributed by atoms with Crippen LogP contribution in [0.1, 0.15) is 18.4 Å². The molecule has 4 aromatic rings. The third-order valence-electron chi connectivity index (χ3n) is 6.43. The molecule has 0 N–H and O–H groups in total. The molecule has 0 atom stereocenters. The Kier molecular flexibility index (Phi) is 7.87. The number of fused-ring (bicyclic) bond motifs is 1. The first-order chi connectivity index (χ1) is 18.3. The summed E-state index contributed by atoms with van der Waals surface area (Å²) in [5.41, 5.74) is 1.52. The number of amides is 1. The lowest BCUT2D eigenvalue weighted by Gasteiger charge is -2.32. The summed E-state index contributed by atoms with van der Waals surface area (Å²) >= 11 is 8.35. The van der Waals surface area contributed by atoms with Gasteiger partial charge in [0.15, 0.2) is 5.13 Å². The third-order valence-corrected chi connectivity index (χ3v) is 11.1. The van der Waals surface area contributed by atoms with Crippen LogP contribution in [0.25, 0.3) is 10.2 Å². The lowest BCUT2D eigenvalue weighted by atomic mass is 9.96. The van der Waals surface area contributed by atoms with Crippen molar-refractivity contribution in [1.29, 1.82) is 0 Å². The van der Waals surface area contributed by atoms with Gasteiger partial charge in [-0.15, -0.1) is 11.3 Å². The van der Waals surface area contributed by atoms with E-state index in [4.69, 9.17) is 26.1 Å². The van der Waals surface area contributed by atoms with E-state index in [0.29, 0.717) is 45.9 Å². The first-order valence-corrected chi connectivity index (χ1v) is 15.2. The Bertz CT molecular complexity index is 1510. The second-order valence-corrected chi connectivity index (χ2v) is 13.5. The van der Waals surface area contributed by atoms with Crippen LogP contribution in [0.5, 0.6) is 11.5 Å². The zero-order valence-corrected chi connectivity index (χ0v) is 23.9. The highest BCUT2D eigenvalue weighted by molar-refractivity contribution is 7.91. The zero-order chi connectivity index (χ0) is 26.9. The number of hydrogen-bond donors (Lipinski definition) is 0. The summed E-state index contributed by atoms with van der Waals surface area (Å²) in [7, 11) is -0.481. The summed E-state index contributed by atoms with van der Waals surface area (Å²) in [6.07, 6.45) is 4.17. The number of hydrogen-bond acceptors (Lipinski definition) is 9. The quantitative estimate of drug-likeness (QED) is 0.282. The molecule has 0 spiro atoms. The van der Waals surface area contributed by atoms with Crippen molar-refractivity contribution < 1.29 is 22.7 Å². The Hall–Kier alpha value is -2.77. The van der Waals surface area contributed by atoms with Gasteiger partial charge in [-0.1, -0.05) is 22.9 Å². The Morgan fingerprint density at radius 3 is 2.37 bits per heavy atom. The van der Waals surface area contributed by atoms with Gasteiger partial charge in [0.1, 0.15) is 25.9 Å². The molecule has 0 saturated carbocycles. The van der Waals surface area contributed by atoms with Crippen LogP contribution < -0.4 is 14.4 Å². The predicted molar refractivity (Wildman–Crippen MR) is 149 cm³/mol. The number of methoxy groups -OCH3 is 2. The van der Waals surface area contributed by atoms with Gasteiger partial charge < -0.3 is 9.47 Å². The highest BCUT2D eigenvalue weighted by Crippen LogP contribution is 2.41. The number of carbonyl (C=O) groups excluding carboxylic acids is 1. The lowest BCUT2D eigenvalue weighted by Crippen LogP contribution is -2.44. The van der Waals surface area contributed by atoms with Gasteiger partial charge in [-0.2, -0.15) is 4.31 Å². The number of pyridine rings is 1. The summed E-state index contributed by atoms with van der Waals surface area (Å²) in [5.74, 6) is 0.779. The number of ether oxygens (including phenoxy) is 2. The molecule has 200 valence electrons. The van der Waals surface area contributed by atoms with Crippen molar-refractivity contribution in [2.45, 2.75) is 23.6 Å². The Morgan fingerprint density at radius 2 is 1.74 bits per heavy atom. The van der Waals surface area contributed by atoms with Gasteiger partial charge in [0.05, 0.1) is 25.1 Å². The van der Waals surface area contributed by atoms with Crippen molar-refractivity contribution in [2.75, 3.05) is 32.2 Å². The average molecular weight is 593 g/mol. The molecule has 5 rings (SSSR count). The SMILES string of the molecule is COc1ccc(OC)c2sc(N(Cc3ccncc3)C(=O)C3CCN(S(=O)(=O)c4ccc(Cl)s4)CC3)nc12. The smallest absolute Gasteiger partial charge is 0.252 e. The molecule has 0 radical (unpaired) electrons. The molecular formula is C25H25ClN4O5S3. The van der Waals surface area contributed by atoms with E-state index in [-0.39, 0.29) is 29.1 Å². The van der Waals surface area contributed by atoms with Crippen LogP contribution in [0.2, 0.25) is 4.34 Å². The maximum absolute atomic E-state index is 13.9. The number of thiophene rings is 1. The van der Waals surface area contributed by atoms with Crippen LogP contribution >= 0.6 is 34.3 Å². The highest BCUT2D eigenvalue weighted by atomic mass is 35.5. The molecule has 4 heterocycles. The summed E-state index contributed by atoms with van der Waals surface area (Å²) in [5, 5.41) is 0.521. The molecule has 1 saturated heterocycles.